The summed E-state index contributed by atoms with van der Waals surface area (Å²) in [5, 5.41) is 8.99. The maximum atomic E-state index is 8.99. The molecule has 0 aliphatic carbocycles. The topological polar surface area (TPSA) is 57.2 Å². The third kappa shape index (κ3) is 7.79. The van der Waals surface area contributed by atoms with Crippen LogP contribution in [0.3, 0.4) is 0 Å². The second-order valence-corrected chi connectivity index (χ2v) is 3.87. The average Bonchev–Trinajstić information content (AvgIpc) is 2.46. The molecule has 1 N–H and O–H groups in total. The van der Waals surface area contributed by atoms with E-state index in [1.54, 1.807) is 7.11 Å². The molecule has 0 aliphatic heterocycles. The Morgan fingerprint density at radius 3 is 2.32 bits per heavy atom. The lowest BCUT2D eigenvalue weighted by molar-refractivity contribution is 0.0179. The fourth-order valence-corrected chi connectivity index (χ4v) is 1.42. The Morgan fingerprint density at radius 1 is 0.947 bits per heavy atom. The molecule has 0 atom stereocenters. The van der Waals surface area contributed by atoms with Crippen LogP contribution in [0.4, 0.5) is 0 Å². The van der Waals surface area contributed by atoms with Crippen molar-refractivity contribution in [2.24, 2.45) is 0 Å². The Labute approximate surface area is 114 Å². The van der Waals surface area contributed by atoms with Gasteiger partial charge in [-0.15, -0.1) is 0 Å². The number of aliphatic hydroxyl groups is 1. The van der Waals surface area contributed by atoms with E-state index in [1.165, 1.54) is 0 Å². The Morgan fingerprint density at radius 2 is 1.63 bits per heavy atom. The summed E-state index contributed by atoms with van der Waals surface area (Å²) in [4.78, 5) is 0. The van der Waals surface area contributed by atoms with Gasteiger partial charge in [-0.25, -0.2) is 0 Å². The molecular weight excluding hydrogens is 248 g/mol. The van der Waals surface area contributed by atoms with Crippen molar-refractivity contribution < 1.29 is 24.1 Å². The van der Waals surface area contributed by atoms with Gasteiger partial charge in [-0.2, -0.15) is 0 Å². The van der Waals surface area contributed by atoms with Crippen molar-refractivity contribution >= 4 is 0 Å². The van der Waals surface area contributed by atoms with Gasteiger partial charge in [0.25, 0.3) is 0 Å². The van der Waals surface area contributed by atoms with E-state index in [1.807, 2.05) is 24.3 Å². The molecule has 0 heterocycles. The highest BCUT2D eigenvalue weighted by Crippen LogP contribution is 2.12. The summed E-state index contributed by atoms with van der Waals surface area (Å²) in [7, 11) is 1.64. The van der Waals surface area contributed by atoms with Crippen molar-refractivity contribution in [3.63, 3.8) is 0 Å². The van der Waals surface area contributed by atoms with Gasteiger partial charge in [-0.1, -0.05) is 12.1 Å². The maximum Gasteiger partial charge on any atom is 0.119 e. The van der Waals surface area contributed by atoms with E-state index in [0.717, 1.165) is 11.3 Å². The van der Waals surface area contributed by atoms with Crippen molar-refractivity contribution in [3.05, 3.63) is 29.8 Å². The molecule has 0 fully saturated rings. The highest BCUT2D eigenvalue weighted by atomic mass is 16.6. The second kappa shape index (κ2) is 10.8. The SMILES string of the molecule is COCCOCCOCCOc1cccc(CO)c1. The lowest BCUT2D eigenvalue weighted by atomic mass is 10.2. The molecule has 1 rings (SSSR count). The van der Waals surface area contributed by atoms with Gasteiger partial charge in [0.05, 0.1) is 39.6 Å². The van der Waals surface area contributed by atoms with Crippen LogP contribution in [0.2, 0.25) is 0 Å². The van der Waals surface area contributed by atoms with Crippen molar-refractivity contribution in [1.29, 1.82) is 0 Å². The van der Waals surface area contributed by atoms with Gasteiger partial charge in [0.1, 0.15) is 12.4 Å². The van der Waals surface area contributed by atoms with Crippen LogP contribution in [-0.4, -0.2) is 51.9 Å². The summed E-state index contributed by atoms with van der Waals surface area (Å²) in [5.41, 5.74) is 0.838. The zero-order valence-corrected chi connectivity index (χ0v) is 11.3. The van der Waals surface area contributed by atoms with Gasteiger partial charge >= 0.3 is 0 Å². The predicted octanol–water partition coefficient (Wildman–Crippen LogP) is 1.24. The summed E-state index contributed by atoms with van der Waals surface area (Å²) in [6, 6.07) is 7.37. The normalized spacial score (nSPS) is 10.6. The minimum absolute atomic E-state index is 0.0204. The van der Waals surface area contributed by atoms with Gasteiger partial charge in [0.2, 0.25) is 0 Å². The summed E-state index contributed by atoms with van der Waals surface area (Å²) >= 11 is 0. The van der Waals surface area contributed by atoms with Crippen LogP contribution in [0, 0.1) is 0 Å². The van der Waals surface area contributed by atoms with E-state index in [0.29, 0.717) is 39.6 Å². The molecule has 0 unspecified atom stereocenters. The number of aliphatic hydroxyl groups excluding tert-OH is 1. The van der Waals surface area contributed by atoms with Crippen LogP contribution in [0.5, 0.6) is 5.75 Å². The number of rotatable bonds is 11. The van der Waals surface area contributed by atoms with Crippen molar-refractivity contribution in [3.8, 4) is 5.75 Å². The van der Waals surface area contributed by atoms with E-state index < -0.39 is 0 Å². The van der Waals surface area contributed by atoms with Gasteiger partial charge in [0.15, 0.2) is 0 Å². The highest BCUT2D eigenvalue weighted by molar-refractivity contribution is 5.27. The Bertz CT molecular complexity index is 329. The van der Waals surface area contributed by atoms with Crippen LogP contribution in [0.25, 0.3) is 0 Å². The fourth-order valence-electron chi connectivity index (χ4n) is 1.42. The van der Waals surface area contributed by atoms with Crippen molar-refractivity contribution in [2.45, 2.75) is 6.61 Å². The molecule has 0 aliphatic rings. The monoisotopic (exact) mass is 270 g/mol. The molecule has 19 heavy (non-hydrogen) atoms. The van der Waals surface area contributed by atoms with Crippen molar-refractivity contribution in [1.82, 2.24) is 0 Å². The first kappa shape index (κ1) is 15.9. The number of hydrogen-bond donors (Lipinski definition) is 1. The van der Waals surface area contributed by atoms with Gasteiger partial charge < -0.3 is 24.1 Å². The first-order chi connectivity index (χ1) is 9.36. The van der Waals surface area contributed by atoms with E-state index in [-0.39, 0.29) is 6.61 Å². The summed E-state index contributed by atoms with van der Waals surface area (Å²) in [6.45, 7) is 3.30. The number of methoxy groups -OCH3 is 1. The fraction of sp³-hybridized carbons (Fsp3) is 0.571. The number of hydrogen-bond acceptors (Lipinski definition) is 5. The van der Waals surface area contributed by atoms with Gasteiger partial charge in [-0.3, -0.25) is 0 Å². The van der Waals surface area contributed by atoms with Crippen LogP contribution in [0.15, 0.2) is 24.3 Å². The third-order valence-electron chi connectivity index (χ3n) is 2.38. The maximum absolute atomic E-state index is 8.99. The van der Waals surface area contributed by atoms with E-state index in [4.69, 9.17) is 24.1 Å². The number of benzene rings is 1. The van der Waals surface area contributed by atoms with E-state index in [9.17, 15) is 0 Å². The number of ether oxygens (including phenoxy) is 4. The Balaban J connectivity index is 1.98. The molecule has 0 saturated carbocycles. The van der Waals surface area contributed by atoms with Crippen LogP contribution < -0.4 is 4.74 Å². The third-order valence-corrected chi connectivity index (χ3v) is 2.38. The Hall–Kier alpha value is -1.14. The molecule has 108 valence electrons. The molecular formula is C14H22O5. The zero-order valence-electron chi connectivity index (χ0n) is 11.3. The average molecular weight is 270 g/mol. The minimum Gasteiger partial charge on any atom is -0.491 e. The molecule has 0 bridgehead atoms. The van der Waals surface area contributed by atoms with Gasteiger partial charge in [-0.05, 0) is 17.7 Å². The molecule has 0 saturated heterocycles. The summed E-state index contributed by atoms with van der Waals surface area (Å²) in [6.07, 6.45) is 0. The first-order valence-corrected chi connectivity index (χ1v) is 6.34. The zero-order chi connectivity index (χ0) is 13.8. The lowest BCUT2D eigenvalue weighted by Gasteiger charge is -2.08. The summed E-state index contributed by atoms with van der Waals surface area (Å²) < 4.78 is 21.0. The molecule has 0 amide bonds. The lowest BCUT2D eigenvalue weighted by Crippen LogP contribution is -2.12. The molecule has 0 spiro atoms. The molecule has 0 radical (unpaired) electrons. The van der Waals surface area contributed by atoms with Crippen LogP contribution in [-0.2, 0) is 20.8 Å². The van der Waals surface area contributed by atoms with E-state index >= 15 is 0 Å². The molecule has 0 aromatic heterocycles. The molecule has 1 aromatic carbocycles. The quantitative estimate of drug-likeness (QED) is 0.613. The first-order valence-electron chi connectivity index (χ1n) is 6.34. The second-order valence-electron chi connectivity index (χ2n) is 3.87. The Kier molecular flexibility index (Phi) is 9.01. The molecule has 5 heteroatoms. The predicted molar refractivity (Wildman–Crippen MR) is 71.4 cm³/mol. The van der Waals surface area contributed by atoms with Crippen LogP contribution >= 0.6 is 0 Å². The largest absolute Gasteiger partial charge is 0.491 e. The summed E-state index contributed by atoms with van der Waals surface area (Å²) in [5.74, 6) is 0.742. The smallest absolute Gasteiger partial charge is 0.119 e. The molecule has 1 aromatic rings. The standard InChI is InChI=1S/C14H22O5/c1-16-5-6-17-7-8-18-9-10-19-14-4-2-3-13(11-14)12-15/h2-4,11,15H,5-10,12H2,1H3. The molecule has 5 nitrogen and oxygen atoms in total. The van der Waals surface area contributed by atoms with E-state index in [2.05, 4.69) is 0 Å². The van der Waals surface area contributed by atoms with Crippen LogP contribution in [0.1, 0.15) is 5.56 Å². The highest BCUT2D eigenvalue weighted by Gasteiger charge is 1.96. The van der Waals surface area contributed by atoms with Gasteiger partial charge in [0, 0.05) is 7.11 Å². The van der Waals surface area contributed by atoms with Crippen molar-refractivity contribution in [2.75, 3.05) is 46.8 Å². The minimum atomic E-state index is 0.0204.